The van der Waals surface area contributed by atoms with Crippen molar-refractivity contribution in [2.75, 3.05) is 0 Å². The standard InChI is InChI=1S/C15H18N2O4S/c1-9(2)20-15(19)6-14-17-12(8-22-14)13-5-4-11(21-13)7-16-10(3)18/h4-5,8-9H,6-7H2,1-3H3,(H,16,18). The van der Waals surface area contributed by atoms with Crippen LogP contribution in [0, 0.1) is 0 Å². The molecule has 2 aromatic rings. The Labute approximate surface area is 132 Å². The van der Waals surface area contributed by atoms with Crippen molar-refractivity contribution in [3.8, 4) is 11.5 Å². The Morgan fingerprint density at radius 1 is 1.41 bits per heavy atom. The zero-order valence-electron chi connectivity index (χ0n) is 12.7. The number of carbonyl (C=O) groups excluding carboxylic acids is 2. The van der Waals surface area contributed by atoms with Crippen LogP contribution in [0.1, 0.15) is 31.5 Å². The highest BCUT2D eigenvalue weighted by molar-refractivity contribution is 7.10. The minimum Gasteiger partial charge on any atom is -0.463 e. The van der Waals surface area contributed by atoms with E-state index in [1.54, 1.807) is 12.1 Å². The number of amides is 1. The van der Waals surface area contributed by atoms with Crippen LogP contribution in [-0.4, -0.2) is 23.0 Å². The van der Waals surface area contributed by atoms with Crippen LogP contribution in [0.2, 0.25) is 0 Å². The third-order valence-corrected chi connectivity index (χ3v) is 3.49. The van der Waals surface area contributed by atoms with Gasteiger partial charge in [-0.2, -0.15) is 0 Å². The maximum atomic E-state index is 11.6. The molecule has 7 heteroatoms. The highest BCUT2D eigenvalue weighted by atomic mass is 32.1. The van der Waals surface area contributed by atoms with Crippen LogP contribution in [-0.2, 0) is 27.3 Å². The first-order chi connectivity index (χ1) is 10.4. The van der Waals surface area contributed by atoms with Gasteiger partial charge in [-0.05, 0) is 26.0 Å². The first-order valence-corrected chi connectivity index (χ1v) is 7.79. The molecule has 0 fully saturated rings. The van der Waals surface area contributed by atoms with Gasteiger partial charge in [0.2, 0.25) is 5.91 Å². The second-order valence-electron chi connectivity index (χ2n) is 5.02. The quantitative estimate of drug-likeness (QED) is 0.827. The zero-order valence-corrected chi connectivity index (χ0v) is 13.5. The second-order valence-corrected chi connectivity index (χ2v) is 5.96. The number of thiazole rings is 1. The normalized spacial score (nSPS) is 10.7. The minimum absolute atomic E-state index is 0.113. The molecule has 0 aromatic carbocycles. The van der Waals surface area contributed by atoms with E-state index < -0.39 is 0 Å². The van der Waals surface area contributed by atoms with Gasteiger partial charge in [0.15, 0.2) is 5.76 Å². The van der Waals surface area contributed by atoms with E-state index in [9.17, 15) is 9.59 Å². The molecule has 2 aromatic heterocycles. The van der Waals surface area contributed by atoms with Crippen LogP contribution in [0.5, 0.6) is 0 Å². The summed E-state index contributed by atoms with van der Waals surface area (Å²) in [5.41, 5.74) is 0.673. The van der Waals surface area contributed by atoms with E-state index in [4.69, 9.17) is 9.15 Å². The monoisotopic (exact) mass is 322 g/mol. The Morgan fingerprint density at radius 2 is 2.18 bits per heavy atom. The maximum Gasteiger partial charge on any atom is 0.312 e. The summed E-state index contributed by atoms with van der Waals surface area (Å²) in [6, 6.07) is 3.58. The van der Waals surface area contributed by atoms with Crippen LogP contribution < -0.4 is 5.32 Å². The lowest BCUT2D eigenvalue weighted by molar-refractivity contribution is -0.146. The highest BCUT2D eigenvalue weighted by Crippen LogP contribution is 2.24. The first kappa shape index (κ1) is 16.2. The Kier molecular flexibility index (Phi) is 5.32. The molecule has 0 saturated carbocycles. The smallest absolute Gasteiger partial charge is 0.312 e. The van der Waals surface area contributed by atoms with Gasteiger partial charge in [-0.3, -0.25) is 9.59 Å². The van der Waals surface area contributed by atoms with E-state index in [2.05, 4.69) is 10.3 Å². The summed E-state index contributed by atoms with van der Waals surface area (Å²) in [6.45, 7) is 5.41. The molecule has 0 aliphatic heterocycles. The van der Waals surface area contributed by atoms with Gasteiger partial charge in [0.1, 0.15) is 16.5 Å². The molecule has 0 radical (unpaired) electrons. The fourth-order valence-corrected chi connectivity index (χ4v) is 2.52. The number of ether oxygens (including phenoxy) is 1. The van der Waals surface area contributed by atoms with E-state index in [-0.39, 0.29) is 24.4 Å². The van der Waals surface area contributed by atoms with Gasteiger partial charge in [0, 0.05) is 12.3 Å². The van der Waals surface area contributed by atoms with Crippen molar-refractivity contribution >= 4 is 23.2 Å². The SMILES string of the molecule is CC(=O)NCc1ccc(-c2csc(CC(=O)OC(C)C)n2)o1. The summed E-state index contributed by atoms with van der Waals surface area (Å²) in [6.07, 6.45) is 0.0239. The summed E-state index contributed by atoms with van der Waals surface area (Å²) in [5, 5.41) is 5.18. The molecule has 1 amide bonds. The molecule has 0 unspecified atom stereocenters. The lowest BCUT2D eigenvalue weighted by Gasteiger charge is -2.05. The number of nitrogens with zero attached hydrogens (tertiary/aromatic N) is 1. The zero-order chi connectivity index (χ0) is 16.1. The lowest BCUT2D eigenvalue weighted by Crippen LogP contribution is -2.18. The Hall–Kier alpha value is -2.15. The fourth-order valence-electron chi connectivity index (χ4n) is 1.76. The van der Waals surface area contributed by atoms with Crippen LogP contribution in [0.3, 0.4) is 0 Å². The van der Waals surface area contributed by atoms with Crippen molar-refractivity contribution in [3.63, 3.8) is 0 Å². The Morgan fingerprint density at radius 3 is 2.86 bits per heavy atom. The third kappa shape index (κ3) is 4.70. The molecule has 2 rings (SSSR count). The predicted molar refractivity (Wildman–Crippen MR) is 82.3 cm³/mol. The average Bonchev–Trinajstić information content (AvgIpc) is 3.03. The number of furan rings is 1. The number of rotatable bonds is 6. The largest absolute Gasteiger partial charge is 0.463 e. The summed E-state index contributed by atoms with van der Waals surface area (Å²) < 4.78 is 10.7. The van der Waals surface area contributed by atoms with Crippen molar-refractivity contribution < 1.29 is 18.7 Å². The molecule has 118 valence electrons. The molecule has 0 aliphatic rings. The van der Waals surface area contributed by atoms with Gasteiger partial charge in [-0.25, -0.2) is 4.98 Å². The number of hydrogen-bond acceptors (Lipinski definition) is 6. The van der Waals surface area contributed by atoms with E-state index >= 15 is 0 Å². The molecular formula is C15H18N2O4S. The van der Waals surface area contributed by atoms with Crippen molar-refractivity contribution in [1.29, 1.82) is 0 Å². The lowest BCUT2D eigenvalue weighted by atomic mass is 10.3. The van der Waals surface area contributed by atoms with E-state index in [0.717, 1.165) is 0 Å². The number of nitrogens with one attached hydrogen (secondary N) is 1. The van der Waals surface area contributed by atoms with Gasteiger partial charge >= 0.3 is 5.97 Å². The number of hydrogen-bond donors (Lipinski definition) is 1. The summed E-state index contributed by atoms with van der Waals surface area (Å²) in [4.78, 5) is 26.8. The molecule has 0 atom stereocenters. The van der Waals surface area contributed by atoms with Gasteiger partial charge < -0.3 is 14.5 Å². The molecule has 1 N–H and O–H groups in total. The second kappa shape index (κ2) is 7.22. The molecular weight excluding hydrogens is 304 g/mol. The summed E-state index contributed by atoms with van der Waals surface area (Å²) in [5.74, 6) is 0.860. The summed E-state index contributed by atoms with van der Waals surface area (Å²) >= 11 is 1.39. The van der Waals surface area contributed by atoms with Gasteiger partial charge in [-0.1, -0.05) is 0 Å². The van der Waals surface area contributed by atoms with Crippen LogP contribution >= 0.6 is 11.3 Å². The van der Waals surface area contributed by atoms with Gasteiger partial charge in [0.25, 0.3) is 0 Å². The van der Waals surface area contributed by atoms with Crippen LogP contribution in [0.15, 0.2) is 21.9 Å². The topological polar surface area (TPSA) is 81.4 Å². The van der Waals surface area contributed by atoms with E-state index in [1.807, 2.05) is 19.2 Å². The average molecular weight is 322 g/mol. The van der Waals surface area contributed by atoms with Gasteiger partial charge in [-0.15, -0.1) is 11.3 Å². The number of aromatic nitrogens is 1. The fraction of sp³-hybridized carbons (Fsp3) is 0.400. The number of carbonyl (C=O) groups is 2. The maximum absolute atomic E-state index is 11.6. The number of esters is 1. The molecule has 0 aliphatic carbocycles. The molecule has 22 heavy (non-hydrogen) atoms. The van der Waals surface area contributed by atoms with Crippen LogP contribution in [0.25, 0.3) is 11.5 Å². The first-order valence-electron chi connectivity index (χ1n) is 6.91. The molecule has 6 nitrogen and oxygen atoms in total. The minimum atomic E-state index is -0.290. The van der Waals surface area contributed by atoms with E-state index in [1.165, 1.54) is 18.3 Å². The Bertz CT molecular complexity index is 660. The van der Waals surface area contributed by atoms with Crippen molar-refractivity contribution in [2.24, 2.45) is 0 Å². The van der Waals surface area contributed by atoms with Crippen molar-refractivity contribution in [2.45, 2.75) is 39.8 Å². The van der Waals surface area contributed by atoms with Crippen molar-refractivity contribution in [1.82, 2.24) is 10.3 Å². The van der Waals surface area contributed by atoms with E-state index in [0.29, 0.717) is 28.8 Å². The molecule has 2 heterocycles. The van der Waals surface area contributed by atoms with Crippen LogP contribution in [0.4, 0.5) is 0 Å². The van der Waals surface area contributed by atoms with Crippen molar-refractivity contribution in [3.05, 3.63) is 28.3 Å². The molecule has 0 bridgehead atoms. The molecule has 0 saturated heterocycles. The predicted octanol–water partition coefficient (Wildman–Crippen LogP) is 2.53. The summed E-state index contributed by atoms with van der Waals surface area (Å²) in [7, 11) is 0. The third-order valence-electron chi connectivity index (χ3n) is 2.64. The Balaban J connectivity index is 1.99. The molecule has 0 spiro atoms. The highest BCUT2D eigenvalue weighted by Gasteiger charge is 2.13. The van der Waals surface area contributed by atoms with Gasteiger partial charge in [0.05, 0.1) is 19.1 Å².